The van der Waals surface area contributed by atoms with Gasteiger partial charge in [0.25, 0.3) is 0 Å². The van der Waals surface area contributed by atoms with Gasteiger partial charge in [-0.25, -0.2) is 9.59 Å². The quantitative estimate of drug-likeness (QED) is 0.295. The van der Waals surface area contributed by atoms with Crippen molar-refractivity contribution in [2.24, 2.45) is 0 Å². The molecule has 0 atom stereocenters. The molecule has 2 aliphatic heterocycles. The third-order valence-electron chi connectivity index (χ3n) is 3.21. The molecule has 2 rings (SSSR count). The number of carbonyl (C=O) groups is 2. The number of unbranched alkanes of at least 4 members (excludes halogenated alkanes) is 2. The van der Waals surface area contributed by atoms with Crippen LogP contribution in [-0.4, -0.2) is 38.4 Å². The molecule has 0 saturated carbocycles. The first-order chi connectivity index (χ1) is 10.3. The van der Waals surface area contributed by atoms with Crippen molar-refractivity contribution < 1.29 is 28.5 Å². The predicted molar refractivity (Wildman–Crippen MR) is 73.1 cm³/mol. The van der Waals surface area contributed by atoms with E-state index in [4.69, 9.17) is 18.9 Å². The first-order valence-corrected chi connectivity index (χ1v) is 7.23. The van der Waals surface area contributed by atoms with E-state index in [-0.39, 0.29) is 11.9 Å². The molecule has 6 nitrogen and oxygen atoms in total. The third kappa shape index (κ3) is 5.13. The van der Waals surface area contributed by atoms with Gasteiger partial charge in [0.2, 0.25) is 0 Å². The van der Waals surface area contributed by atoms with E-state index < -0.39 is 0 Å². The van der Waals surface area contributed by atoms with Crippen LogP contribution in [0.25, 0.3) is 0 Å². The molecular formula is C15H20O6. The Balaban J connectivity index is 1.45. The summed E-state index contributed by atoms with van der Waals surface area (Å²) in [7, 11) is 0. The standard InChI is InChI=1S/C15H20O6/c16-14-12(4-8-20-14)10-18-6-2-1-3-7-19-11-13-5-9-21-15(13)17/h10-11H,1-9H2/b12-10+,13-11+. The molecule has 2 fully saturated rings. The van der Waals surface area contributed by atoms with Crippen LogP contribution in [0, 0.1) is 0 Å². The number of hydrogen-bond donors (Lipinski definition) is 0. The van der Waals surface area contributed by atoms with Gasteiger partial charge in [0.1, 0.15) is 0 Å². The van der Waals surface area contributed by atoms with Gasteiger partial charge >= 0.3 is 11.9 Å². The van der Waals surface area contributed by atoms with Gasteiger partial charge in [-0.1, -0.05) is 0 Å². The summed E-state index contributed by atoms with van der Waals surface area (Å²) in [5, 5.41) is 0. The molecule has 0 spiro atoms. The molecule has 0 aliphatic carbocycles. The number of hydrogen-bond acceptors (Lipinski definition) is 6. The molecule has 2 saturated heterocycles. The second kappa shape index (κ2) is 8.34. The summed E-state index contributed by atoms with van der Waals surface area (Å²) in [5.41, 5.74) is 1.21. The largest absolute Gasteiger partial charge is 0.501 e. The minimum atomic E-state index is -0.276. The molecule has 0 aromatic heterocycles. The summed E-state index contributed by atoms with van der Waals surface area (Å²) in [5.74, 6) is -0.552. The smallest absolute Gasteiger partial charge is 0.337 e. The lowest BCUT2D eigenvalue weighted by molar-refractivity contribution is -0.136. The zero-order valence-corrected chi connectivity index (χ0v) is 12.0. The molecule has 0 radical (unpaired) electrons. The number of carbonyl (C=O) groups excluding carboxylic acids is 2. The van der Waals surface area contributed by atoms with Gasteiger partial charge < -0.3 is 18.9 Å². The maximum Gasteiger partial charge on any atom is 0.337 e. The van der Waals surface area contributed by atoms with Crippen molar-refractivity contribution in [1.29, 1.82) is 0 Å². The molecule has 0 N–H and O–H groups in total. The van der Waals surface area contributed by atoms with Crippen LogP contribution in [0.1, 0.15) is 32.1 Å². The van der Waals surface area contributed by atoms with Crippen molar-refractivity contribution in [2.45, 2.75) is 32.1 Å². The van der Waals surface area contributed by atoms with Gasteiger partial charge in [0, 0.05) is 12.8 Å². The van der Waals surface area contributed by atoms with E-state index in [9.17, 15) is 9.59 Å². The van der Waals surface area contributed by atoms with Crippen LogP contribution in [0.2, 0.25) is 0 Å². The van der Waals surface area contributed by atoms with Crippen molar-refractivity contribution in [2.75, 3.05) is 26.4 Å². The highest BCUT2D eigenvalue weighted by atomic mass is 16.5. The van der Waals surface area contributed by atoms with Gasteiger partial charge in [-0.05, 0) is 19.3 Å². The Morgan fingerprint density at radius 1 is 0.810 bits per heavy atom. The minimum absolute atomic E-state index is 0.276. The minimum Gasteiger partial charge on any atom is -0.501 e. The summed E-state index contributed by atoms with van der Waals surface area (Å²) in [6, 6.07) is 0. The lowest BCUT2D eigenvalue weighted by Crippen LogP contribution is -1.98. The maximum absolute atomic E-state index is 11.1. The van der Waals surface area contributed by atoms with Crippen molar-refractivity contribution in [3.05, 3.63) is 23.7 Å². The molecule has 2 heterocycles. The number of cyclic esters (lactones) is 2. The van der Waals surface area contributed by atoms with Crippen LogP contribution >= 0.6 is 0 Å². The van der Waals surface area contributed by atoms with E-state index in [0.29, 0.717) is 50.4 Å². The van der Waals surface area contributed by atoms with E-state index in [2.05, 4.69) is 0 Å². The normalized spacial score (nSPS) is 21.7. The van der Waals surface area contributed by atoms with Gasteiger partial charge in [0.15, 0.2) is 0 Å². The number of rotatable bonds is 8. The Bertz CT molecular complexity index is 397. The first-order valence-electron chi connectivity index (χ1n) is 7.23. The van der Waals surface area contributed by atoms with E-state index >= 15 is 0 Å². The zero-order chi connectivity index (χ0) is 14.9. The average Bonchev–Trinajstić information content (AvgIpc) is 3.06. The second-order valence-corrected chi connectivity index (χ2v) is 4.86. The maximum atomic E-state index is 11.1. The fourth-order valence-electron chi connectivity index (χ4n) is 1.98. The zero-order valence-electron chi connectivity index (χ0n) is 12.0. The van der Waals surface area contributed by atoms with Crippen molar-refractivity contribution in [1.82, 2.24) is 0 Å². The van der Waals surface area contributed by atoms with Crippen molar-refractivity contribution in [3.8, 4) is 0 Å². The summed E-state index contributed by atoms with van der Waals surface area (Å²) in [6.45, 7) is 2.05. The van der Waals surface area contributed by atoms with Crippen LogP contribution in [0.3, 0.4) is 0 Å². The Morgan fingerprint density at radius 2 is 1.29 bits per heavy atom. The summed E-state index contributed by atoms with van der Waals surface area (Å²) >= 11 is 0. The molecule has 0 aromatic carbocycles. The summed E-state index contributed by atoms with van der Waals surface area (Å²) in [6.07, 6.45) is 7.00. The van der Waals surface area contributed by atoms with E-state index in [1.807, 2.05) is 0 Å². The number of ether oxygens (including phenoxy) is 4. The SMILES string of the molecule is O=C1OCC/C1=C\OCCCCCO/C=C1\CCOC1=O. The predicted octanol–water partition coefficient (Wildman–Crippen LogP) is 1.85. The van der Waals surface area contributed by atoms with Crippen molar-refractivity contribution in [3.63, 3.8) is 0 Å². The van der Waals surface area contributed by atoms with Crippen LogP contribution < -0.4 is 0 Å². The topological polar surface area (TPSA) is 71.1 Å². The van der Waals surface area contributed by atoms with Gasteiger partial charge in [-0.2, -0.15) is 0 Å². The molecule has 6 heteroatoms. The number of esters is 2. The van der Waals surface area contributed by atoms with Crippen molar-refractivity contribution >= 4 is 11.9 Å². The summed E-state index contributed by atoms with van der Waals surface area (Å²) in [4.78, 5) is 22.2. The molecule has 0 aromatic rings. The lowest BCUT2D eigenvalue weighted by Gasteiger charge is -2.03. The Morgan fingerprint density at radius 3 is 1.67 bits per heavy atom. The Kier molecular flexibility index (Phi) is 6.12. The fourth-order valence-corrected chi connectivity index (χ4v) is 1.98. The molecule has 0 bridgehead atoms. The van der Waals surface area contributed by atoms with Gasteiger partial charge in [-0.3, -0.25) is 0 Å². The Labute approximate surface area is 123 Å². The second-order valence-electron chi connectivity index (χ2n) is 4.86. The summed E-state index contributed by atoms with van der Waals surface area (Å²) < 4.78 is 20.2. The molecular weight excluding hydrogens is 276 g/mol. The monoisotopic (exact) mass is 296 g/mol. The van der Waals surface area contributed by atoms with Crippen LogP contribution in [0.5, 0.6) is 0 Å². The third-order valence-corrected chi connectivity index (χ3v) is 3.21. The first kappa shape index (κ1) is 15.4. The van der Waals surface area contributed by atoms with Crippen LogP contribution in [-0.2, 0) is 28.5 Å². The van der Waals surface area contributed by atoms with E-state index in [0.717, 1.165) is 19.3 Å². The van der Waals surface area contributed by atoms with E-state index in [1.54, 1.807) is 0 Å². The lowest BCUT2D eigenvalue weighted by atomic mass is 10.2. The highest BCUT2D eigenvalue weighted by Crippen LogP contribution is 2.13. The highest BCUT2D eigenvalue weighted by Gasteiger charge is 2.19. The van der Waals surface area contributed by atoms with Gasteiger partial charge in [0.05, 0.1) is 50.1 Å². The highest BCUT2D eigenvalue weighted by molar-refractivity contribution is 5.90. The molecule has 0 amide bonds. The van der Waals surface area contributed by atoms with Crippen LogP contribution in [0.15, 0.2) is 23.7 Å². The molecule has 2 aliphatic rings. The molecule has 21 heavy (non-hydrogen) atoms. The molecule has 0 unspecified atom stereocenters. The van der Waals surface area contributed by atoms with Crippen LogP contribution in [0.4, 0.5) is 0 Å². The average molecular weight is 296 g/mol. The fraction of sp³-hybridized carbons (Fsp3) is 0.600. The van der Waals surface area contributed by atoms with Gasteiger partial charge in [-0.15, -0.1) is 0 Å². The van der Waals surface area contributed by atoms with E-state index in [1.165, 1.54) is 12.5 Å². The molecule has 116 valence electrons. The Hall–Kier alpha value is -1.98.